The van der Waals surface area contributed by atoms with E-state index < -0.39 is 0 Å². The Labute approximate surface area is 112 Å². The third-order valence-electron chi connectivity index (χ3n) is 3.02. The molecule has 4 nitrogen and oxygen atoms in total. The average molecular weight is 258 g/mol. The molecule has 0 bridgehead atoms. The van der Waals surface area contributed by atoms with Crippen LogP contribution < -0.4 is 10.6 Å². The quantitative estimate of drug-likeness (QED) is 0.917. The number of anilines is 1. The Morgan fingerprint density at radius 3 is 2.47 bits per heavy atom. The fourth-order valence-electron chi connectivity index (χ4n) is 1.97. The van der Waals surface area contributed by atoms with E-state index in [0.717, 1.165) is 17.0 Å². The Balaban J connectivity index is 2.25. The summed E-state index contributed by atoms with van der Waals surface area (Å²) in [6, 6.07) is 9.45. The van der Waals surface area contributed by atoms with Crippen molar-refractivity contribution in [2.75, 3.05) is 11.4 Å². The fourth-order valence-corrected chi connectivity index (χ4v) is 1.97. The van der Waals surface area contributed by atoms with Crippen LogP contribution in [0, 0.1) is 6.92 Å². The number of hydrogen-bond acceptors (Lipinski definition) is 3. The number of rotatable bonds is 4. The van der Waals surface area contributed by atoms with Gasteiger partial charge in [-0.05, 0) is 37.6 Å². The maximum absolute atomic E-state index is 12.4. The van der Waals surface area contributed by atoms with Gasteiger partial charge >= 0.3 is 0 Å². The molecule has 2 rings (SSSR count). The number of furan rings is 1. The smallest absolute Gasteiger partial charge is 0.261 e. The van der Waals surface area contributed by atoms with Crippen LogP contribution in [0.3, 0.4) is 0 Å². The van der Waals surface area contributed by atoms with Crippen molar-refractivity contribution in [3.8, 4) is 0 Å². The third kappa shape index (κ3) is 2.85. The van der Waals surface area contributed by atoms with Gasteiger partial charge in [0, 0.05) is 18.8 Å². The second-order valence-electron chi connectivity index (χ2n) is 4.37. The van der Waals surface area contributed by atoms with Gasteiger partial charge in [0.15, 0.2) is 0 Å². The highest BCUT2D eigenvalue weighted by Crippen LogP contribution is 2.19. The van der Waals surface area contributed by atoms with Crippen LogP contribution in [0.4, 0.5) is 5.69 Å². The minimum Gasteiger partial charge on any atom is -0.469 e. The summed E-state index contributed by atoms with van der Waals surface area (Å²) in [4.78, 5) is 14.1. The van der Waals surface area contributed by atoms with E-state index in [1.165, 1.54) is 6.26 Å². The number of aryl methyl sites for hydroxylation is 1. The van der Waals surface area contributed by atoms with Crippen LogP contribution in [-0.2, 0) is 6.54 Å². The first-order valence-corrected chi connectivity index (χ1v) is 6.31. The maximum atomic E-state index is 12.4. The van der Waals surface area contributed by atoms with Crippen LogP contribution >= 0.6 is 0 Å². The van der Waals surface area contributed by atoms with Crippen molar-refractivity contribution in [3.05, 3.63) is 53.5 Å². The Hall–Kier alpha value is -2.07. The zero-order valence-corrected chi connectivity index (χ0v) is 11.2. The average Bonchev–Trinajstić information content (AvgIpc) is 2.87. The fraction of sp³-hybridized carbons (Fsp3) is 0.267. The van der Waals surface area contributed by atoms with E-state index in [1.54, 1.807) is 11.0 Å². The first-order valence-electron chi connectivity index (χ1n) is 6.31. The Bertz CT molecular complexity index is 558. The lowest BCUT2D eigenvalue weighted by atomic mass is 10.2. The number of hydrogen-bond donors (Lipinski definition) is 1. The van der Waals surface area contributed by atoms with Gasteiger partial charge in [0.1, 0.15) is 12.0 Å². The van der Waals surface area contributed by atoms with E-state index in [4.69, 9.17) is 10.2 Å². The molecule has 1 amide bonds. The van der Waals surface area contributed by atoms with Gasteiger partial charge in [-0.25, -0.2) is 0 Å². The molecule has 2 N–H and O–H groups in total. The van der Waals surface area contributed by atoms with Crippen molar-refractivity contribution in [2.45, 2.75) is 20.4 Å². The van der Waals surface area contributed by atoms with Gasteiger partial charge in [-0.1, -0.05) is 12.1 Å². The van der Waals surface area contributed by atoms with Crippen molar-refractivity contribution in [1.82, 2.24) is 0 Å². The lowest BCUT2D eigenvalue weighted by Crippen LogP contribution is -2.30. The molecule has 0 spiro atoms. The molecule has 19 heavy (non-hydrogen) atoms. The minimum atomic E-state index is -0.0557. The minimum absolute atomic E-state index is 0.0557. The predicted molar refractivity (Wildman–Crippen MR) is 75.1 cm³/mol. The summed E-state index contributed by atoms with van der Waals surface area (Å²) >= 11 is 0. The Kier molecular flexibility index (Phi) is 4.02. The van der Waals surface area contributed by atoms with Crippen LogP contribution in [-0.4, -0.2) is 12.5 Å². The monoisotopic (exact) mass is 258 g/mol. The standard InChI is InChI=1S/C15H18N2O2/c1-3-17(14-6-4-12(9-16)5-7-14)15(18)13-8-11(2)19-10-13/h4-8,10H,3,9,16H2,1-2H3. The molecule has 0 fully saturated rings. The van der Waals surface area contributed by atoms with Crippen LogP contribution in [0.25, 0.3) is 0 Å². The molecule has 0 aliphatic heterocycles. The summed E-state index contributed by atoms with van der Waals surface area (Å²) < 4.78 is 5.19. The van der Waals surface area contributed by atoms with Gasteiger partial charge < -0.3 is 15.1 Å². The predicted octanol–water partition coefficient (Wildman–Crippen LogP) is 2.71. The number of nitrogens with zero attached hydrogens (tertiary/aromatic N) is 1. The topological polar surface area (TPSA) is 59.5 Å². The molecular weight excluding hydrogens is 240 g/mol. The zero-order valence-electron chi connectivity index (χ0n) is 11.2. The van der Waals surface area contributed by atoms with E-state index >= 15 is 0 Å². The number of carbonyl (C=O) groups excluding carboxylic acids is 1. The van der Waals surface area contributed by atoms with Crippen molar-refractivity contribution < 1.29 is 9.21 Å². The van der Waals surface area contributed by atoms with Crippen molar-refractivity contribution >= 4 is 11.6 Å². The van der Waals surface area contributed by atoms with E-state index in [0.29, 0.717) is 18.7 Å². The van der Waals surface area contributed by atoms with Crippen molar-refractivity contribution in [2.24, 2.45) is 5.73 Å². The van der Waals surface area contributed by atoms with Gasteiger partial charge in [-0.2, -0.15) is 0 Å². The molecule has 0 radical (unpaired) electrons. The first kappa shape index (κ1) is 13.4. The number of amides is 1. The van der Waals surface area contributed by atoms with Crippen LogP contribution in [0.1, 0.15) is 28.6 Å². The number of benzene rings is 1. The highest BCUT2D eigenvalue weighted by Gasteiger charge is 2.17. The molecule has 1 aromatic heterocycles. The van der Waals surface area contributed by atoms with Crippen LogP contribution in [0.2, 0.25) is 0 Å². The molecular formula is C15H18N2O2. The van der Waals surface area contributed by atoms with E-state index in [1.807, 2.05) is 38.1 Å². The lowest BCUT2D eigenvalue weighted by molar-refractivity contribution is 0.0987. The number of carbonyl (C=O) groups is 1. The highest BCUT2D eigenvalue weighted by molar-refractivity contribution is 6.05. The van der Waals surface area contributed by atoms with Gasteiger partial charge in [0.2, 0.25) is 0 Å². The summed E-state index contributed by atoms with van der Waals surface area (Å²) in [6.45, 7) is 4.87. The molecule has 0 saturated heterocycles. The Morgan fingerprint density at radius 2 is 2.00 bits per heavy atom. The molecule has 0 atom stereocenters. The van der Waals surface area contributed by atoms with E-state index in [2.05, 4.69) is 0 Å². The summed E-state index contributed by atoms with van der Waals surface area (Å²) in [5, 5.41) is 0. The molecule has 1 aromatic carbocycles. The normalized spacial score (nSPS) is 10.5. The summed E-state index contributed by atoms with van der Waals surface area (Å²) in [5.74, 6) is 0.678. The molecule has 4 heteroatoms. The van der Waals surface area contributed by atoms with E-state index in [-0.39, 0.29) is 5.91 Å². The molecule has 0 aliphatic rings. The van der Waals surface area contributed by atoms with Gasteiger partial charge in [-0.15, -0.1) is 0 Å². The second kappa shape index (κ2) is 5.71. The molecule has 0 aliphatic carbocycles. The second-order valence-corrected chi connectivity index (χ2v) is 4.37. The molecule has 100 valence electrons. The maximum Gasteiger partial charge on any atom is 0.261 e. The van der Waals surface area contributed by atoms with Crippen LogP contribution in [0.15, 0.2) is 41.0 Å². The molecule has 0 unspecified atom stereocenters. The summed E-state index contributed by atoms with van der Waals surface area (Å²) in [5.41, 5.74) is 8.05. The van der Waals surface area contributed by atoms with Gasteiger partial charge in [0.05, 0.1) is 5.56 Å². The SMILES string of the molecule is CCN(C(=O)c1coc(C)c1)c1ccc(CN)cc1. The summed E-state index contributed by atoms with van der Waals surface area (Å²) in [7, 11) is 0. The van der Waals surface area contributed by atoms with E-state index in [9.17, 15) is 4.79 Å². The first-order chi connectivity index (χ1) is 9.15. The van der Waals surface area contributed by atoms with Crippen molar-refractivity contribution in [1.29, 1.82) is 0 Å². The number of nitrogens with two attached hydrogens (primary N) is 1. The molecule has 0 saturated carbocycles. The van der Waals surface area contributed by atoms with Crippen molar-refractivity contribution in [3.63, 3.8) is 0 Å². The zero-order chi connectivity index (χ0) is 13.8. The Morgan fingerprint density at radius 1 is 1.32 bits per heavy atom. The molecule has 1 heterocycles. The van der Waals surface area contributed by atoms with Crippen LogP contribution in [0.5, 0.6) is 0 Å². The summed E-state index contributed by atoms with van der Waals surface area (Å²) in [6.07, 6.45) is 1.49. The lowest BCUT2D eigenvalue weighted by Gasteiger charge is -2.20. The van der Waals surface area contributed by atoms with Gasteiger partial charge in [0.25, 0.3) is 5.91 Å². The largest absolute Gasteiger partial charge is 0.469 e. The highest BCUT2D eigenvalue weighted by atomic mass is 16.3. The third-order valence-corrected chi connectivity index (χ3v) is 3.02. The van der Waals surface area contributed by atoms with Gasteiger partial charge in [-0.3, -0.25) is 4.79 Å². The molecule has 2 aromatic rings.